The number of morpholine rings is 1. The molecule has 1 fully saturated rings. The van der Waals surface area contributed by atoms with E-state index in [2.05, 4.69) is 39.5 Å². The van der Waals surface area contributed by atoms with E-state index in [0.29, 0.717) is 25.7 Å². The highest BCUT2D eigenvalue weighted by Crippen LogP contribution is 2.32. The van der Waals surface area contributed by atoms with E-state index in [4.69, 9.17) is 19.9 Å². The second-order valence-electron chi connectivity index (χ2n) is 7.14. The number of aliphatic imine (C=N–C) groups is 1. The number of anilines is 1. The Balaban J connectivity index is 1.45. The topological polar surface area (TPSA) is 81.3 Å². The quantitative estimate of drug-likeness (QED) is 0.597. The van der Waals surface area contributed by atoms with Crippen molar-refractivity contribution in [2.75, 3.05) is 51.4 Å². The number of guanidine groups is 1. The van der Waals surface area contributed by atoms with Crippen LogP contribution in [0.25, 0.3) is 0 Å². The summed E-state index contributed by atoms with van der Waals surface area (Å²) in [5, 5.41) is 3.17. The Labute approximate surface area is 171 Å². The van der Waals surface area contributed by atoms with Crippen molar-refractivity contribution in [3.8, 4) is 11.5 Å². The van der Waals surface area contributed by atoms with Crippen LogP contribution in [0.1, 0.15) is 18.0 Å². The smallest absolute Gasteiger partial charge is 0.193 e. The van der Waals surface area contributed by atoms with Crippen molar-refractivity contribution in [2.24, 2.45) is 10.7 Å². The molecule has 0 bridgehead atoms. The Bertz CT molecular complexity index is 822. The van der Waals surface area contributed by atoms with Gasteiger partial charge in [0.25, 0.3) is 0 Å². The zero-order chi connectivity index (χ0) is 19.9. The van der Waals surface area contributed by atoms with Gasteiger partial charge < -0.3 is 25.3 Å². The van der Waals surface area contributed by atoms with Gasteiger partial charge in [0, 0.05) is 31.3 Å². The average Bonchev–Trinajstić information content (AvgIpc) is 3.00. The highest BCUT2D eigenvalue weighted by Gasteiger charge is 2.22. The fourth-order valence-electron chi connectivity index (χ4n) is 3.61. The van der Waals surface area contributed by atoms with Gasteiger partial charge in [-0.1, -0.05) is 30.3 Å². The van der Waals surface area contributed by atoms with Gasteiger partial charge in [-0.25, -0.2) is 0 Å². The van der Waals surface area contributed by atoms with E-state index in [-0.39, 0.29) is 6.04 Å². The molecule has 2 aromatic rings. The van der Waals surface area contributed by atoms with Crippen molar-refractivity contribution in [3.63, 3.8) is 0 Å². The van der Waals surface area contributed by atoms with Crippen LogP contribution in [0.4, 0.5) is 5.69 Å². The van der Waals surface area contributed by atoms with Crippen LogP contribution in [-0.4, -0.2) is 56.9 Å². The molecule has 0 saturated carbocycles. The lowest BCUT2D eigenvalue weighted by Crippen LogP contribution is -2.40. The third kappa shape index (κ3) is 5.19. The summed E-state index contributed by atoms with van der Waals surface area (Å²) >= 11 is 0. The Hall–Kier alpha value is -2.77. The summed E-state index contributed by atoms with van der Waals surface area (Å²) in [5.74, 6) is 1.88. The molecular weight excluding hydrogens is 368 g/mol. The molecule has 0 aromatic heterocycles. The second-order valence-corrected chi connectivity index (χ2v) is 7.14. The number of nitrogens with one attached hydrogen (secondary N) is 1. The standard InChI is InChI=1S/C22H28N4O3/c23-22(25-18-7-8-20-21(15-18)29-12-4-11-28-20)24-16-19(17-5-2-1-3-6-17)26-9-13-27-14-10-26/h1-3,5-8,15,19H,4,9-14,16H2,(H3,23,24,25). The lowest BCUT2D eigenvalue weighted by Gasteiger charge is -2.34. The monoisotopic (exact) mass is 396 g/mol. The molecular formula is C22H28N4O3. The van der Waals surface area contributed by atoms with Crippen molar-refractivity contribution in [2.45, 2.75) is 12.5 Å². The van der Waals surface area contributed by atoms with Crippen LogP contribution in [0.5, 0.6) is 11.5 Å². The molecule has 7 nitrogen and oxygen atoms in total. The van der Waals surface area contributed by atoms with E-state index < -0.39 is 0 Å². The molecule has 3 N–H and O–H groups in total. The van der Waals surface area contributed by atoms with Gasteiger partial charge in [-0.2, -0.15) is 0 Å². The summed E-state index contributed by atoms with van der Waals surface area (Å²) in [4.78, 5) is 7.04. The molecule has 0 radical (unpaired) electrons. The predicted molar refractivity (Wildman–Crippen MR) is 114 cm³/mol. The summed E-state index contributed by atoms with van der Waals surface area (Å²) < 4.78 is 16.9. The molecule has 4 rings (SSSR count). The largest absolute Gasteiger partial charge is 0.490 e. The van der Waals surface area contributed by atoms with E-state index in [1.165, 1.54) is 5.56 Å². The fourth-order valence-corrected chi connectivity index (χ4v) is 3.61. The van der Waals surface area contributed by atoms with Gasteiger partial charge in [0.05, 0.1) is 39.0 Å². The van der Waals surface area contributed by atoms with Crippen molar-refractivity contribution < 1.29 is 14.2 Å². The normalized spacial score (nSPS) is 18.7. The molecule has 0 spiro atoms. The first-order chi connectivity index (χ1) is 14.3. The molecule has 2 aromatic carbocycles. The van der Waals surface area contributed by atoms with Crippen LogP contribution in [-0.2, 0) is 4.74 Å². The highest BCUT2D eigenvalue weighted by molar-refractivity contribution is 5.92. The minimum absolute atomic E-state index is 0.171. The van der Waals surface area contributed by atoms with Crippen LogP contribution in [0, 0.1) is 0 Å². The van der Waals surface area contributed by atoms with Crippen molar-refractivity contribution >= 4 is 11.6 Å². The molecule has 1 saturated heterocycles. The van der Waals surface area contributed by atoms with E-state index in [1.807, 2.05) is 24.3 Å². The van der Waals surface area contributed by atoms with Crippen LogP contribution in [0.15, 0.2) is 53.5 Å². The lowest BCUT2D eigenvalue weighted by molar-refractivity contribution is 0.0180. The third-order valence-electron chi connectivity index (χ3n) is 5.13. The molecule has 1 unspecified atom stereocenters. The first-order valence-corrected chi connectivity index (χ1v) is 10.1. The molecule has 29 heavy (non-hydrogen) atoms. The van der Waals surface area contributed by atoms with Crippen molar-refractivity contribution in [1.82, 2.24) is 4.90 Å². The number of benzene rings is 2. The van der Waals surface area contributed by atoms with Gasteiger partial charge in [-0.3, -0.25) is 9.89 Å². The number of nitrogens with zero attached hydrogens (tertiary/aromatic N) is 2. The number of hydrogen-bond acceptors (Lipinski definition) is 5. The van der Waals surface area contributed by atoms with E-state index in [0.717, 1.165) is 49.9 Å². The maximum absolute atomic E-state index is 6.19. The van der Waals surface area contributed by atoms with Crippen LogP contribution < -0.4 is 20.5 Å². The van der Waals surface area contributed by atoms with Crippen molar-refractivity contribution in [3.05, 3.63) is 54.1 Å². The molecule has 2 aliphatic heterocycles. The number of nitrogens with two attached hydrogens (primary N) is 1. The van der Waals surface area contributed by atoms with Crippen LogP contribution >= 0.6 is 0 Å². The predicted octanol–water partition coefficient (Wildman–Crippen LogP) is 2.65. The zero-order valence-corrected chi connectivity index (χ0v) is 16.5. The van der Waals surface area contributed by atoms with E-state index in [1.54, 1.807) is 0 Å². The van der Waals surface area contributed by atoms with Gasteiger partial charge in [0.1, 0.15) is 0 Å². The summed E-state index contributed by atoms with van der Waals surface area (Å²) in [6.07, 6.45) is 0.878. The average molecular weight is 396 g/mol. The highest BCUT2D eigenvalue weighted by atomic mass is 16.5. The van der Waals surface area contributed by atoms with Crippen LogP contribution in [0.2, 0.25) is 0 Å². The Kier molecular flexibility index (Phi) is 6.49. The number of ether oxygens (including phenoxy) is 3. The molecule has 1 atom stereocenters. The minimum atomic E-state index is 0.171. The Morgan fingerprint density at radius 2 is 1.76 bits per heavy atom. The van der Waals surface area contributed by atoms with E-state index in [9.17, 15) is 0 Å². The summed E-state index contributed by atoms with van der Waals surface area (Å²) in [7, 11) is 0. The van der Waals surface area contributed by atoms with Gasteiger partial charge in [0.15, 0.2) is 17.5 Å². The number of fused-ring (bicyclic) bond motifs is 1. The number of hydrogen-bond donors (Lipinski definition) is 2. The molecule has 2 heterocycles. The Morgan fingerprint density at radius 3 is 2.55 bits per heavy atom. The lowest BCUT2D eigenvalue weighted by atomic mass is 10.1. The van der Waals surface area contributed by atoms with Crippen molar-refractivity contribution in [1.29, 1.82) is 0 Å². The zero-order valence-electron chi connectivity index (χ0n) is 16.5. The van der Waals surface area contributed by atoms with Gasteiger partial charge >= 0.3 is 0 Å². The van der Waals surface area contributed by atoms with Gasteiger partial charge in [0.2, 0.25) is 0 Å². The fraction of sp³-hybridized carbons (Fsp3) is 0.409. The first kappa shape index (κ1) is 19.5. The first-order valence-electron chi connectivity index (χ1n) is 10.1. The molecule has 154 valence electrons. The number of rotatable bonds is 5. The third-order valence-corrected chi connectivity index (χ3v) is 5.13. The molecule has 2 aliphatic rings. The molecule has 0 aliphatic carbocycles. The second kappa shape index (κ2) is 9.62. The minimum Gasteiger partial charge on any atom is -0.490 e. The Morgan fingerprint density at radius 1 is 1.00 bits per heavy atom. The maximum atomic E-state index is 6.19. The summed E-state index contributed by atoms with van der Waals surface area (Å²) in [5.41, 5.74) is 8.26. The maximum Gasteiger partial charge on any atom is 0.193 e. The van der Waals surface area contributed by atoms with Gasteiger partial charge in [-0.15, -0.1) is 0 Å². The molecule has 7 heteroatoms. The van der Waals surface area contributed by atoms with Crippen LogP contribution in [0.3, 0.4) is 0 Å². The molecule has 0 amide bonds. The summed E-state index contributed by atoms with van der Waals surface area (Å²) in [6, 6.07) is 16.3. The van der Waals surface area contributed by atoms with Gasteiger partial charge in [-0.05, 0) is 17.7 Å². The SMILES string of the molecule is NC(=NCC(c1ccccc1)N1CCOCC1)Nc1ccc2c(c1)OCCCO2. The van der Waals surface area contributed by atoms with E-state index >= 15 is 0 Å². The summed E-state index contributed by atoms with van der Waals surface area (Å²) in [6.45, 7) is 5.18.